The maximum Gasteiger partial charge on any atom is 0.00962 e. The van der Waals surface area contributed by atoms with Crippen LogP contribution in [0.1, 0.15) is 72.6 Å². The molecule has 0 aromatic heterocycles. The highest BCUT2D eigenvalue weighted by Gasteiger charge is 2.39. The van der Waals surface area contributed by atoms with E-state index in [4.69, 9.17) is 0 Å². The lowest BCUT2D eigenvalue weighted by Crippen LogP contribution is -2.49. The number of likely N-dealkylation sites (tertiary alicyclic amines) is 1. The monoisotopic (exact) mass is 280 g/mol. The normalized spacial score (nSPS) is 39.3. The molecule has 1 saturated heterocycles. The molecule has 20 heavy (non-hydrogen) atoms. The van der Waals surface area contributed by atoms with Gasteiger partial charge in [-0.1, -0.05) is 33.6 Å². The van der Waals surface area contributed by atoms with Gasteiger partial charge in [0.25, 0.3) is 0 Å². The van der Waals surface area contributed by atoms with E-state index in [1.54, 1.807) is 0 Å². The van der Waals surface area contributed by atoms with E-state index >= 15 is 0 Å². The van der Waals surface area contributed by atoms with Crippen LogP contribution in [0.5, 0.6) is 0 Å². The Morgan fingerprint density at radius 1 is 1.05 bits per heavy atom. The van der Waals surface area contributed by atoms with Gasteiger partial charge in [-0.05, 0) is 56.9 Å². The second kappa shape index (κ2) is 7.26. The lowest BCUT2D eigenvalue weighted by atomic mass is 9.70. The summed E-state index contributed by atoms with van der Waals surface area (Å²) >= 11 is 0. The van der Waals surface area contributed by atoms with Gasteiger partial charge in [-0.15, -0.1) is 0 Å². The highest BCUT2D eigenvalue weighted by atomic mass is 15.2. The number of hydrogen-bond acceptors (Lipinski definition) is 2. The van der Waals surface area contributed by atoms with Gasteiger partial charge in [0.2, 0.25) is 0 Å². The molecular formula is C18H36N2. The maximum atomic E-state index is 3.67. The van der Waals surface area contributed by atoms with E-state index in [0.29, 0.717) is 5.41 Å². The molecule has 118 valence electrons. The molecule has 2 nitrogen and oxygen atoms in total. The molecule has 0 bridgehead atoms. The van der Waals surface area contributed by atoms with Crippen molar-refractivity contribution in [2.75, 3.05) is 19.6 Å². The van der Waals surface area contributed by atoms with Gasteiger partial charge >= 0.3 is 0 Å². The maximum absolute atomic E-state index is 3.67. The van der Waals surface area contributed by atoms with Crippen LogP contribution in [-0.2, 0) is 0 Å². The van der Waals surface area contributed by atoms with E-state index in [2.05, 4.69) is 37.9 Å². The molecule has 2 fully saturated rings. The predicted octanol–water partition coefficient (Wildman–Crippen LogP) is 4.06. The minimum absolute atomic E-state index is 0.550. The van der Waals surface area contributed by atoms with Crippen molar-refractivity contribution in [2.24, 2.45) is 11.3 Å². The highest BCUT2D eigenvalue weighted by Crippen LogP contribution is 2.41. The molecule has 1 aliphatic carbocycles. The van der Waals surface area contributed by atoms with E-state index in [1.165, 1.54) is 58.0 Å². The Balaban J connectivity index is 2.03. The second-order valence-corrected chi connectivity index (χ2v) is 7.62. The van der Waals surface area contributed by atoms with Crippen molar-refractivity contribution >= 4 is 0 Å². The van der Waals surface area contributed by atoms with Gasteiger partial charge in [-0.3, -0.25) is 4.90 Å². The van der Waals surface area contributed by atoms with Gasteiger partial charge in [0, 0.05) is 25.2 Å². The molecule has 1 N–H and O–H groups in total. The summed E-state index contributed by atoms with van der Waals surface area (Å²) in [4.78, 5) is 2.85. The number of rotatable bonds is 6. The molecule has 0 radical (unpaired) electrons. The number of nitrogens with zero attached hydrogens (tertiary/aromatic N) is 1. The van der Waals surface area contributed by atoms with E-state index in [1.807, 2.05) is 0 Å². The third-order valence-corrected chi connectivity index (χ3v) is 6.03. The van der Waals surface area contributed by atoms with E-state index in [0.717, 1.165) is 24.5 Å². The fourth-order valence-electron chi connectivity index (χ4n) is 4.39. The zero-order valence-electron chi connectivity index (χ0n) is 14.3. The Morgan fingerprint density at radius 2 is 1.75 bits per heavy atom. The Kier molecular flexibility index (Phi) is 5.92. The van der Waals surface area contributed by atoms with Crippen molar-refractivity contribution in [1.29, 1.82) is 0 Å². The molecular weight excluding hydrogens is 244 g/mol. The zero-order chi connectivity index (χ0) is 14.6. The Morgan fingerprint density at radius 3 is 2.35 bits per heavy atom. The van der Waals surface area contributed by atoms with Crippen LogP contribution in [-0.4, -0.2) is 36.6 Å². The third-order valence-electron chi connectivity index (χ3n) is 6.03. The smallest absolute Gasteiger partial charge is 0.00962 e. The molecule has 0 aromatic rings. The molecule has 2 heteroatoms. The molecule has 0 aromatic carbocycles. The molecule has 2 atom stereocenters. The first-order chi connectivity index (χ1) is 9.60. The number of nitrogens with one attached hydrogen (secondary N) is 1. The lowest BCUT2D eigenvalue weighted by molar-refractivity contribution is 0.0622. The third kappa shape index (κ3) is 3.76. The number of hydrogen-bond donors (Lipinski definition) is 1. The minimum Gasteiger partial charge on any atom is -0.316 e. The summed E-state index contributed by atoms with van der Waals surface area (Å²) < 4.78 is 0. The first kappa shape index (κ1) is 16.3. The second-order valence-electron chi connectivity index (χ2n) is 7.62. The fraction of sp³-hybridized carbons (Fsp3) is 1.00. The standard InChI is InChI=1S/C18H36N2/c1-5-17-8-7-16(4)20(17)14-18(13-19-6-2)11-9-15(3)10-12-18/h15-17,19H,5-14H2,1-4H3. The van der Waals surface area contributed by atoms with Crippen molar-refractivity contribution in [3.05, 3.63) is 0 Å². The molecule has 1 heterocycles. The van der Waals surface area contributed by atoms with E-state index in [9.17, 15) is 0 Å². The first-order valence-electron chi connectivity index (χ1n) is 9.06. The van der Waals surface area contributed by atoms with Crippen LogP contribution in [0.2, 0.25) is 0 Å². The van der Waals surface area contributed by atoms with Crippen LogP contribution in [0.25, 0.3) is 0 Å². The van der Waals surface area contributed by atoms with Crippen molar-refractivity contribution < 1.29 is 0 Å². The average Bonchev–Trinajstić information content (AvgIpc) is 2.80. The van der Waals surface area contributed by atoms with Crippen LogP contribution >= 0.6 is 0 Å². The van der Waals surface area contributed by atoms with Gasteiger partial charge in [-0.25, -0.2) is 0 Å². The Bertz CT molecular complexity index is 276. The van der Waals surface area contributed by atoms with Crippen molar-refractivity contribution in [3.8, 4) is 0 Å². The first-order valence-corrected chi connectivity index (χ1v) is 9.06. The highest BCUT2D eigenvalue weighted by molar-refractivity contribution is 4.94. The summed E-state index contributed by atoms with van der Waals surface area (Å²) in [6, 6.07) is 1.65. The molecule has 1 saturated carbocycles. The van der Waals surface area contributed by atoms with Gasteiger partial charge in [-0.2, -0.15) is 0 Å². The van der Waals surface area contributed by atoms with Crippen molar-refractivity contribution in [3.63, 3.8) is 0 Å². The molecule has 0 amide bonds. The summed E-state index contributed by atoms with van der Waals surface area (Å²) in [6.07, 6.45) is 9.89. The lowest BCUT2D eigenvalue weighted by Gasteiger charge is -2.44. The summed E-state index contributed by atoms with van der Waals surface area (Å²) in [5.41, 5.74) is 0.550. The van der Waals surface area contributed by atoms with E-state index < -0.39 is 0 Å². The summed E-state index contributed by atoms with van der Waals surface area (Å²) in [6.45, 7) is 13.2. The average molecular weight is 280 g/mol. The van der Waals surface area contributed by atoms with Crippen LogP contribution in [0.15, 0.2) is 0 Å². The topological polar surface area (TPSA) is 15.3 Å². The zero-order valence-corrected chi connectivity index (χ0v) is 14.3. The molecule has 2 rings (SSSR count). The minimum atomic E-state index is 0.550. The van der Waals surface area contributed by atoms with Crippen molar-refractivity contribution in [1.82, 2.24) is 10.2 Å². The summed E-state index contributed by atoms with van der Waals surface area (Å²) in [5.74, 6) is 0.947. The van der Waals surface area contributed by atoms with Crippen molar-refractivity contribution in [2.45, 2.75) is 84.7 Å². The quantitative estimate of drug-likeness (QED) is 0.789. The van der Waals surface area contributed by atoms with Gasteiger partial charge in [0.15, 0.2) is 0 Å². The van der Waals surface area contributed by atoms with Crippen LogP contribution < -0.4 is 5.32 Å². The SMILES string of the molecule is CCNCC1(CN2C(C)CCC2CC)CCC(C)CC1. The summed E-state index contributed by atoms with van der Waals surface area (Å²) in [5, 5.41) is 3.67. The van der Waals surface area contributed by atoms with Gasteiger partial charge in [0.05, 0.1) is 0 Å². The van der Waals surface area contributed by atoms with Gasteiger partial charge in [0.1, 0.15) is 0 Å². The fourth-order valence-corrected chi connectivity index (χ4v) is 4.39. The van der Waals surface area contributed by atoms with E-state index in [-0.39, 0.29) is 0 Å². The van der Waals surface area contributed by atoms with Crippen LogP contribution in [0.4, 0.5) is 0 Å². The largest absolute Gasteiger partial charge is 0.316 e. The Labute approximate surface area is 126 Å². The van der Waals surface area contributed by atoms with Crippen LogP contribution in [0, 0.1) is 11.3 Å². The summed E-state index contributed by atoms with van der Waals surface area (Å²) in [7, 11) is 0. The molecule has 1 aliphatic heterocycles. The molecule has 2 aliphatic rings. The van der Waals surface area contributed by atoms with Crippen LogP contribution in [0.3, 0.4) is 0 Å². The molecule has 2 unspecified atom stereocenters. The Hall–Kier alpha value is -0.0800. The predicted molar refractivity (Wildman–Crippen MR) is 88.1 cm³/mol. The van der Waals surface area contributed by atoms with Gasteiger partial charge < -0.3 is 5.32 Å². The molecule has 0 spiro atoms.